The molecule has 0 heterocycles. The van der Waals surface area contributed by atoms with Crippen LogP contribution in [0.5, 0.6) is 0 Å². The number of benzene rings is 2. The van der Waals surface area contributed by atoms with Crippen molar-refractivity contribution in [2.24, 2.45) is 5.92 Å². The van der Waals surface area contributed by atoms with Gasteiger partial charge < -0.3 is 5.32 Å². The molecule has 1 atom stereocenters. The number of rotatable bonds is 6. The van der Waals surface area contributed by atoms with E-state index < -0.39 is 0 Å². The summed E-state index contributed by atoms with van der Waals surface area (Å²) in [6.07, 6.45) is 3.20. The number of carbonyl (C=O) groups excluding carboxylic acids is 1. The zero-order valence-corrected chi connectivity index (χ0v) is 13.4. The third-order valence-electron chi connectivity index (χ3n) is 4.03. The highest BCUT2D eigenvalue weighted by molar-refractivity contribution is 6.30. The maximum absolute atomic E-state index is 12.9. The average Bonchev–Trinajstić information content (AvgIpc) is 3.39. The maximum atomic E-state index is 12.9. The Bertz CT molecular complexity index is 745. The van der Waals surface area contributed by atoms with Crippen molar-refractivity contribution in [3.05, 3.63) is 70.5 Å². The Morgan fingerprint density at radius 1 is 1.26 bits per heavy atom. The lowest BCUT2D eigenvalue weighted by molar-refractivity contribution is 0.0963. The number of ketones is 1. The molecule has 116 valence electrons. The predicted molar refractivity (Wildman–Crippen MR) is 93.2 cm³/mol. The number of anilines is 1. The van der Waals surface area contributed by atoms with Crippen LogP contribution in [-0.4, -0.2) is 11.8 Å². The van der Waals surface area contributed by atoms with Crippen molar-refractivity contribution in [3.63, 3.8) is 0 Å². The first kappa shape index (κ1) is 15.6. The molecule has 1 saturated carbocycles. The predicted octanol–water partition coefficient (Wildman–Crippen LogP) is 5.35. The van der Waals surface area contributed by atoms with E-state index >= 15 is 0 Å². The van der Waals surface area contributed by atoms with Gasteiger partial charge in [-0.2, -0.15) is 0 Å². The second-order valence-electron chi connectivity index (χ2n) is 5.91. The summed E-state index contributed by atoms with van der Waals surface area (Å²) in [5, 5.41) is 4.00. The minimum atomic E-state index is -0.273. The second kappa shape index (κ2) is 6.85. The van der Waals surface area contributed by atoms with Gasteiger partial charge >= 0.3 is 0 Å². The van der Waals surface area contributed by atoms with Gasteiger partial charge in [-0.3, -0.25) is 4.79 Å². The largest absolute Gasteiger partial charge is 0.375 e. The fraction of sp³-hybridized carbons (Fsp3) is 0.263. The average molecular weight is 325 g/mol. The Kier molecular flexibility index (Phi) is 4.64. The van der Waals surface area contributed by atoms with Crippen LogP contribution in [0.2, 0.25) is 5.02 Å². The third kappa shape index (κ3) is 4.12. The van der Waals surface area contributed by atoms with Crippen LogP contribution in [0.1, 0.15) is 29.6 Å². The monoisotopic (exact) mass is 324 g/mol. The van der Waals surface area contributed by atoms with Gasteiger partial charge in [0.2, 0.25) is 0 Å². The lowest BCUT2D eigenvalue weighted by Crippen LogP contribution is -2.30. The highest BCUT2D eigenvalue weighted by Gasteiger charge is 2.29. The molecular formula is C19H17ClN2O. The Morgan fingerprint density at radius 3 is 2.65 bits per heavy atom. The number of carbonyl (C=O) groups is 1. The van der Waals surface area contributed by atoms with Crippen molar-refractivity contribution in [3.8, 4) is 0 Å². The van der Waals surface area contributed by atoms with E-state index in [-0.39, 0.29) is 11.8 Å². The molecule has 0 amide bonds. The molecule has 2 aromatic rings. The summed E-state index contributed by atoms with van der Waals surface area (Å²) < 4.78 is 0. The maximum Gasteiger partial charge on any atom is 0.187 e. The molecule has 0 spiro atoms. The second-order valence-corrected chi connectivity index (χ2v) is 6.35. The van der Waals surface area contributed by atoms with Gasteiger partial charge in [-0.15, -0.1) is 0 Å². The van der Waals surface area contributed by atoms with Crippen LogP contribution in [0.3, 0.4) is 0 Å². The van der Waals surface area contributed by atoms with Gasteiger partial charge in [-0.05, 0) is 42.7 Å². The molecule has 3 nitrogen and oxygen atoms in total. The summed E-state index contributed by atoms with van der Waals surface area (Å²) in [4.78, 5) is 16.3. The van der Waals surface area contributed by atoms with Gasteiger partial charge in [0.25, 0.3) is 0 Å². The molecule has 2 aromatic carbocycles. The molecule has 3 rings (SSSR count). The molecule has 0 aliphatic heterocycles. The van der Waals surface area contributed by atoms with E-state index in [1.807, 2.05) is 24.3 Å². The Labute approximate surface area is 141 Å². The quantitative estimate of drug-likeness (QED) is 0.573. The number of halogens is 1. The zero-order valence-electron chi connectivity index (χ0n) is 12.6. The lowest BCUT2D eigenvalue weighted by atomic mass is 9.98. The zero-order chi connectivity index (χ0) is 16.2. The van der Waals surface area contributed by atoms with Crippen LogP contribution in [0, 0.1) is 12.5 Å². The molecule has 0 aromatic heterocycles. The van der Waals surface area contributed by atoms with Crippen LogP contribution in [0.4, 0.5) is 11.4 Å². The smallest absolute Gasteiger partial charge is 0.187 e. The van der Waals surface area contributed by atoms with Gasteiger partial charge in [0.1, 0.15) is 0 Å². The summed E-state index contributed by atoms with van der Waals surface area (Å²) in [5.74, 6) is 0.658. The Morgan fingerprint density at radius 2 is 2.00 bits per heavy atom. The van der Waals surface area contributed by atoms with Crippen molar-refractivity contribution in [1.29, 1.82) is 0 Å². The van der Waals surface area contributed by atoms with Crippen molar-refractivity contribution in [2.75, 3.05) is 5.32 Å². The SMILES string of the molecule is [C-]#[N+]c1cccc(C(=O)C(CC2CC2)Nc2ccc(Cl)cc2)c1. The Hall–Kier alpha value is -2.31. The molecule has 1 aliphatic carbocycles. The number of hydrogen-bond donors (Lipinski definition) is 1. The van der Waals surface area contributed by atoms with Crippen LogP contribution in [-0.2, 0) is 0 Å². The van der Waals surface area contributed by atoms with Crippen LogP contribution < -0.4 is 5.32 Å². The topological polar surface area (TPSA) is 33.5 Å². The van der Waals surface area contributed by atoms with E-state index in [0.29, 0.717) is 22.2 Å². The molecule has 4 heteroatoms. The minimum absolute atomic E-state index is 0.0392. The van der Waals surface area contributed by atoms with E-state index in [9.17, 15) is 4.79 Å². The summed E-state index contributed by atoms with van der Waals surface area (Å²) in [7, 11) is 0. The molecule has 1 unspecified atom stereocenters. The summed E-state index contributed by atoms with van der Waals surface area (Å²) in [6, 6.07) is 14.0. The third-order valence-corrected chi connectivity index (χ3v) is 4.28. The summed E-state index contributed by atoms with van der Waals surface area (Å²) >= 11 is 5.91. The van der Waals surface area contributed by atoms with Gasteiger partial charge in [-0.25, -0.2) is 4.85 Å². The van der Waals surface area contributed by atoms with Crippen LogP contribution >= 0.6 is 11.6 Å². The molecule has 23 heavy (non-hydrogen) atoms. The minimum Gasteiger partial charge on any atom is -0.375 e. The first-order valence-corrected chi connectivity index (χ1v) is 8.07. The van der Waals surface area contributed by atoms with Crippen molar-refractivity contribution in [1.82, 2.24) is 0 Å². The summed E-state index contributed by atoms with van der Waals surface area (Å²) in [6.45, 7) is 7.10. The van der Waals surface area contributed by atoms with Crippen molar-refractivity contribution >= 4 is 28.8 Å². The molecular weight excluding hydrogens is 308 g/mol. The molecule has 1 N–H and O–H groups in total. The number of nitrogens with one attached hydrogen (secondary N) is 1. The highest BCUT2D eigenvalue weighted by atomic mass is 35.5. The Balaban J connectivity index is 1.81. The van der Waals surface area contributed by atoms with E-state index in [1.54, 1.807) is 24.3 Å². The lowest BCUT2D eigenvalue weighted by Gasteiger charge is -2.19. The van der Waals surface area contributed by atoms with Gasteiger partial charge in [0, 0.05) is 16.3 Å². The summed E-state index contributed by atoms with van der Waals surface area (Å²) in [5.41, 5.74) is 1.97. The standard InChI is InChI=1S/C19H17ClN2O/c1-21-17-4-2-3-14(12-17)19(23)18(11-13-5-6-13)22-16-9-7-15(20)8-10-16/h2-4,7-10,12-13,18,22H,5-6,11H2. The molecule has 1 fully saturated rings. The van der Waals surface area contributed by atoms with Gasteiger partial charge in [-0.1, -0.05) is 42.6 Å². The van der Waals surface area contributed by atoms with Crippen LogP contribution in [0.25, 0.3) is 4.85 Å². The number of Topliss-reactive ketones (excluding diaryl/α,β-unsaturated/α-hetero) is 1. The fourth-order valence-corrected chi connectivity index (χ4v) is 2.72. The fourth-order valence-electron chi connectivity index (χ4n) is 2.60. The first-order chi connectivity index (χ1) is 11.2. The molecule has 0 radical (unpaired) electrons. The number of nitrogens with zero attached hydrogens (tertiary/aromatic N) is 1. The van der Waals surface area contributed by atoms with E-state index in [1.165, 1.54) is 12.8 Å². The van der Waals surface area contributed by atoms with E-state index in [4.69, 9.17) is 18.2 Å². The van der Waals surface area contributed by atoms with Gasteiger partial charge in [0.05, 0.1) is 12.6 Å². The molecule has 0 bridgehead atoms. The van der Waals surface area contributed by atoms with Crippen LogP contribution in [0.15, 0.2) is 48.5 Å². The van der Waals surface area contributed by atoms with Crippen molar-refractivity contribution < 1.29 is 4.79 Å². The highest BCUT2D eigenvalue weighted by Crippen LogP contribution is 2.35. The molecule has 1 aliphatic rings. The number of hydrogen-bond acceptors (Lipinski definition) is 2. The van der Waals surface area contributed by atoms with E-state index in [2.05, 4.69) is 10.2 Å². The van der Waals surface area contributed by atoms with E-state index in [0.717, 1.165) is 12.1 Å². The van der Waals surface area contributed by atoms with Crippen molar-refractivity contribution in [2.45, 2.75) is 25.3 Å². The normalized spacial score (nSPS) is 14.8. The first-order valence-electron chi connectivity index (χ1n) is 7.69. The van der Waals surface area contributed by atoms with Gasteiger partial charge in [0.15, 0.2) is 11.5 Å². The molecule has 0 saturated heterocycles.